The Kier molecular flexibility index (Phi) is 6.73. The number of nitrogens with zero attached hydrogens (tertiary/aromatic N) is 2. The van der Waals surface area contributed by atoms with E-state index in [2.05, 4.69) is 26.3 Å². The zero-order valence-electron chi connectivity index (χ0n) is 15.4. The Bertz CT molecular complexity index is 878. The molecule has 0 amide bonds. The van der Waals surface area contributed by atoms with E-state index in [-0.39, 0.29) is 12.5 Å². The Morgan fingerprint density at radius 2 is 1.71 bits per heavy atom. The molecule has 0 radical (unpaired) electrons. The molecule has 152 valence electrons. The molecule has 2 aromatic rings. The van der Waals surface area contributed by atoms with Crippen LogP contribution in [0.1, 0.15) is 23.4 Å². The molecule has 8 nitrogen and oxygen atoms in total. The number of aliphatic hydroxyl groups excluding tert-OH is 2. The summed E-state index contributed by atoms with van der Waals surface area (Å²) in [5.41, 5.74) is 2.92. The first-order valence-electron chi connectivity index (χ1n) is 9.19. The number of rotatable bonds is 8. The van der Waals surface area contributed by atoms with Crippen molar-refractivity contribution in [1.29, 1.82) is 0 Å². The maximum Gasteiger partial charge on any atom is 0.333 e. The Hall–Kier alpha value is -1.91. The molecule has 0 bridgehead atoms. The normalized spacial score (nSPS) is 25.1. The lowest BCUT2D eigenvalue weighted by atomic mass is 9.97. The number of hydrogen-bond donors (Lipinski definition) is 3. The van der Waals surface area contributed by atoms with E-state index in [4.69, 9.17) is 5.14 Å². The van der Waals surface area contributed by atoms with E-state index in [0.29, 0.717) is 12.8 Å². The van der Waals surface area contributed by atoms with Gasteiger partial charge in [-0.1, -0.05) is 30.3 Å². The van der Waals surface area contributed by atoms with Gasteiger partial charge in [0.2, 0.25) is 0 Å². The predicted octanol–water partition coefficient (Wildman–Crippen LogP) is 0.382. The molecule has 1 fully saturated rings. The number of nitrogens with two attached hydrogens (primary N) is 1. The molecule has 1 aromatic heterocycles. The SMILES string of the molecule is NS(=O)(=O)OC[C@H]1C[C@@H](Cc2cc(CCc3ccccc3)ncn2)[C@H](O)[C@@H]1O. The summed E-state index contributed by atoms with van der Waals surface area (Å²) in [7, 11) is -4.08. The van der Waals surface area contributed by atoms with Gasteiger partial charge in [-0.3, -0.25) is 4.18 Å². The van der Waals surface area contributed by atoms with Crippen molar-refractivity contribution < 1.29 is 22.8 Å². The second-order valence-electron chi connectivity index (χ2n) is 7.20. The van der Waals surface area contributed by atoms with Crippen LogP contribution in [0.25, 0.3) is 0 Å². The van der Waals surface area contributed by atoms with Crippen LogP contribution in [0.3, 0.4) is 0 Å². The Balaban J connectivity index is 1.58. The number of hydrogen-bond acceptors (Lipinski definition) is 7. The van der Waals surface area contributed by atoms with E-state index >= 15 is 0 Å². The molecule has 1 saturated carbocycles. The van der Waals surface area contributed by atoms with Crippen molar-refractivity contribution in [3.63, 3.8) is 0 Å². The maximum absolute atomic E-state index is 10.9. The van der Waals surface area contributed by atoms with Crippen LogP contribution in [0.15, 0.2) is 42.7 Å². The van der Waals surface area contributed by atoms with Crippen molar-refractivity contribution in [3.8, 4) is 0 Å². The monoisotopic (exact) mass is 407 g/mol. The molecular formula is C19H25N3O5S. The molecule has 1 aromatic carbocycles. The topological polar surface area (TPSA) is 136 Å². The summed E-state index contributed by atoms with van der Waals surface area (Å²) >= 11 is 0. The van der Waals surface area contributed by atoms with Crippen LogP contribution < -0.4 is 5.14 Å². The van der Waals surface area contributed by atoms with Gasteiger partial charge in [0.15, 0.2) is 0 Å². The van der Waals surface area contributed by atoms with Crippen LogP contribution >= 0.6 is 0 Å². The maximum atomic E-state index is 10.9. The summed E-state index contributed by atoms with van der Waals surface area (Å²) in [5, 5.41) is 25.3. The summed E-state index contributed by atoms with van der Waals surface area (Å²) < 4.78 is 26.5. The molecule has 0 saturated heterocycles. The molecule has 9 heteroatoms. The van der Waals surface area contributed by atoms with Crippen LogP contribution in [-0.2, 0) is 33.7 Å². The third-order valence-electron chi connectivity index (χ3n) is 5.13. The minimum absolute atomic E-state index is 0.249. The van der Waals surface area contributed by atoms with Crippen molar-refractivity contribution >= 4 is 10.3 Å². The highest BCUT2D eigenvalue weighted by atomic mass is 32.2. The molecule has 4 N–H and O–H groups in total. The number of benzene rings is 1. The molecule has 28 heavy (non-hydrogen) atoms. The third-order valence-corrected chi connectivity index (χ3v) is 5.60. The average Bonchev–Trinajstić information content (AvgIpc) is 2.93. The zero-order valence-corrected chi connectivity index (χ0v) is 16.2. The standard InChI is InChI=1S/C19H25N3O5S/c20-28(25,26)27-11-15-8-14(18(23)19(15)24)9-17-10-16(21-12-22-17)7-6-13-4-2-1-3-5-13/h1-5,10,12,14-15,18-19,23-24H,6-9,11H2,(H2,20,25,26)/t14-,15+,18-,19+/m0/s1. The van der Waals surface area contributed by atoms with Crippen LogP contribution in [0.4, 0.5) is 0 Å². The van der Waals surface area contributed by atoms with E-state index in [1.807, 2.05) is 24.3 Å². The molecule has 1 aliphatic carbocycles. The van der Waals surface area contributed by atoms with Gasteiger partial charge >= 0.3 is 10.3 Å². The van der Waals surface area contributed by atoms with Crippen LogP contribution in [0, 0.1) is 11.8 Å². The largest absolute Gasteiger partial charge is 0.390 e. The molecule has 0 aliphatic heterocycles. The van der Waals surface area contributed by atoms with Crippen LogP contribution in [0.5, 0.6) is 0 Å². The molecule has 4 atom stereocenters. The highest BCUT2D eigenvalue weighted by Gasteiger charge is 2.42. The lowest BCUT2D eigenvalue weighted by Crippen LogP contribution is -2.31. The van der Waals surface area contributed by atoms with E-state index in [0.717, 1.165) is 24.2 Å². The van der Waals surface area contributed by atoms with Gasteiger partial charge < -0.3 is 10.2 Å². The summed E-state index contributed by atoms with van der Waals surface area (Å²) in [5.74, 6) is -0.751. The van der Waals surface area contributed by atoms with E-state index in [9.17, 15) is 18.6 Å². The van der Waals surface area contributed by atoms with Crippen LogP contribution in [0.2, 0.25) is 0 Å². The van der Waals surface area contributed by atoms with E-state index in [1.165, 1.54) is 11.9 Å². The van der Waals surface area contributed by atoms with E-state index in [1.54, 1.807) is 0 Å². The quantitative estimate of drug-likeness (QED) is 0.576. The first-order valence-corrected chi connectivity index (χ1v) is 10.7. The summed E-state index contributed by atoms with van der Waals surface area (Å²) in [6.07, 6.45) is 2.00. The molecule has 0 unspecified atom stereocenters. The molecule has 3 rings (SSSR count). The van der Waals surface area contributed by atoms with Crippen molar-refractivity contribution in [1.82, 2.24) is 9.97 Å². The van der Waals surface area contributed by atoms with E-state index < -0.39 is 28.4 Å². The first-order chi connectivity index (χ1) is 13.3. The fraction of sp³-hybridized carbons (Fsp3) is 0.474. The average molecular weight is 407 g/mol. The Labute approximate surface area is 164 Å². The van der Waals surface area contributed by atoms with Crippen molar-refractivity contribution in [2.24, 2.45) is 17.0 Å². The predicted molar refractivity (Wildman–Crippen MR) is 102 cm³/mol. The fourth-order valence-corrected chi connectivity index (χ4v) is 4.02. The second kappa shape index (κ2) is 9.06. The molecule has 1 aliphatic rings. The van der Waals surface area contributed by atoms with Gasteiger partial charge in [0, 0.05) is 17.3 Å². The zero-order chi connectivity index (χ0) is 20.1. The third kappa shape index (κ3) is 5.79. The van der Waals surface area contributed by atoms with Gasteiger partial charge in [0.05, 0.1) is 18.8 Å². The molecule has 0 spiro atoms. The summed E-state index contributed by atoms with van der Waals surface area (Å²) in [6.45, 7) is -0.250. The highest BCUT2D eigenvalue weighted by Crippen LogP contribution is 2.34. The number of aryl methyl sites for hydroxylation is 2. The Morgan fingerprint density at radius 1 is 1.04 bits per heavy atom. The minimum Gasteiger partial charge on any atom is -0.390 e. The molecule has 1 heterocycles. The Morgan fingerprint density at radius 3 is 2.43 bits per heavy atom. The van der Waals surface area contributed by atoms with Crippen molar-refractivity contribution in [3.05, 3.63) is 59.7 Å². The first kappa shape index (κ1) is 20.8. The minimum atomic E-state index is -4.08. The van der Waals surface area contributed by atoms with Gasteiger partial charge in [0.1, 0.15) is 6.33 Å². The van der Waals surface area contributed by atoms with Gasteiger partial charge in [-0.25, -0.2) is 15.1 Å². The lowest BCUT2D eigenvalue weighted by Gasteiger charge is -2.16. The lowest BCUT2D eigenvalue weighted by molar-refractivity contribution is -0.00332. The van der Waals surface area contributed by atoms with Gasteiger partial charge in [-0.15, -0.1) is 0 Å². The van der Waals surface area contributed by atoms with Crippen molar-refractivity contribution in [2.45, 2.75) is 37.9 Å². The van der Waals surface area contributed by atoms with Gasteiger partial charge in [0.25, 0.3) is 0 Å². The smallest absolute Gasteiger partial charge is 0.333 e. The number of aliphatic hydroxyl groups is 2. The summed E-state index contributed by atoms with van der Waals surface area (Å²) in [4.78, 5) is 8.59. The number of aromatic nitrogens is 2. The fourth-order valence-electron chi connectivity index (χ4n) is 3.66. The van der Waals surface area contributed by atoms with Gasteiger partial charge in [-0.05, 0) is 43.2 Å². The van der Waals surface area contributed by atoms with Crippen molar-refractivity contribution in [2.75, 3.05) is 6.61 Å². The summed E-state index contributed by atoms with van der Waals surface area (Å²) in [6, 6.07) is 12.0. The van der Waals surface area contributed by atoms with Gasteiger partial charge in [-0.2, -0.15) is 8.42 Å². The molecular weight excluding hydrogens is 382 g/mol. The van der Waals surface area contributed by atoms with Crippen LogP contribution in [-0.4, -0.2) is 47.4 Å². The second-order valence-corrected chi connectivity index (χ2v) is 8.43. The highest BCUT2D eigenvalue weighted by molar-refractivity contribution is 7.84.